The summed E-state index contributed by atoms with van der Waals surface area (Å²) in [5, 5.41) is 11.2. The number of hydrogen-bond acceptors (Lipinski definition) is 3. The highest BCUT2D eigenvalue weighted by molar-refractivity contribution is 5.71. The monoisotopic (exact) mass is 305 g/mol. The summed E-state index contributed by atoms with van der Waals surface area (Å²) in [5.74, 6) is -0.131. The average Bonchev–Trinajstić information content (AvgIpc) is 2.98. The lowest BCUT2D eigenvalue weighted by atomic mass is 10.2. The fourth-order valence-corrected chi connectivity index (χ4v) is 2.34. The minimum absolute atomic E-state index is 0.131. The molecule has 3 rings (SSSR count). The van der Waals surface area contributed by atoms with Gasteiger partial charge in [0, 0.05) is 0 Å². The molecule has 0 atom stereocenters. The van der Waals surface area contributed by atoms with Gasteiger partial charge < -0.3 is 10.1 Å². The van der Waals surface area contributed by atoms with E-state index in [4.69, 9.17) is 0 Å². The van der Waals surface area contributed by atoms with E-state index in [9.17, 15) is 10.1 Å². The van der Waals surface area contributed by atoms with E-state index in [0.717, 1.165) is 11.1 Å². The first-order valence-electron chi connectivity index (χ1n) is 7.20. The molecule has 1 heterocycles. The molecule has 0 saturated heterocycles. The van der Waals surface area contributed by atoms with Crippen LogP contribution in [0.25, 0.3) is 12.2 Å². The van der Waals surface area contributed by atoms with E-state index in [-0.39, 0.29) is 5.82 Å². The standard InChI is InChI=1S/C18H15N3O2/c22-21(23)18-17(12-11-15-7-3-1-4-8-15)20(14-19-18)13-16-9-5-2-6-10-16/h1-12,14H,13H2/b12-11+. The van der Waals surface area contributed by atoms with Crippen LogP contribution >= 0.6 is 0 Å². The lowest BCUT2D eigenvalue weighted by Gasteiger charge is -2.04. The molecule has 0 spiro atoms. The van der Waals surface area contributed by atoms with E-state index in [1.165, 1.54) is 6.33 Å². The Bertz CT molecular complexity index is 824. The number of rotatable bonds is 5. The molecule has 114 valence electrons. The van der Waals surface area contributed by atoms with Crippen LogP contribution in [0.2, 0.25) is 0 Å². The molecule has 23 heavy (non-hydrogen) atoms. The van der Waals surface area contributed by atoms with Gasteiger partial charge in [0.1, 0.15) is 5.69 Å². The molecule has 0 aliphatic carbocycles. The van der Waals surface area contributed by atoms with Crippen LogP contribution in [0.4, 0.5) is 5.82 Å². The predicted molar refractivity (Wildman–Crippen MR) is 89.8 cm³/mol. The van der Waals surface area contributed by atoms with Gasteiger partial charge in [0.05, 0.1) is 6.54 Å². The van der Waals surface area contributed by atoms with Gasteiger partial charge in [-0.1, -0.05) is 66.7 Å². The molecule has 0 N–H and O–H groups in total. The Morgan fingerprint density at radius 2 is 1.65 bits per heavy atom. The zero-order valence-electron chi connectivity index (χ0n) is 12.4. The Morgan fingerprint density at radius 3 is 2.30 bits per heavy atom. The number of benzene rings is 2. The Kier molecular flexibility index (Phi) is 4.29. The zero-order chi connectivity index (χ0) is 16.1. The molecule has 5 nitrogen and oxygen atoms in total. The summed E-state index contributed by atoms with van der Waals surface area (Å²) >= 11 is 0. The second-order valence-electron chi connectivity index (χ2n) is 5.07. The molecule has 3 aromatic rings. The molecule has 0 fully saturated rings. The highest BCUT2D eigenvalue weighted by Crippen LogP contribution is 2.20. The summed E-state index contributed by atoms with van der Waals surface area (Å²) in [7, 11) is 0. The predicted octanol–water partition coefficient (Wildman–Crippen LogP) is 4.01. The van der Waals surface area contributed by atoms with E-state index in [1.54, 1.807) is 10.6 Å². The van der Waals surface area contributed by atoms with Gasteiger partial charge in [0.25, 0.3) is 0 Å². The van der Waals surface area contributed by atoms with Crippen LogP contribution in [0.5, 0.6) is 0 Å². The number of aromatic nitrogens is 2. The van der Waals surface area contributed by atoms with Crippen molar-refractivity contribution in [3.8, 4) is 0 Å². The molecule has 0 aliphatic heterocycles. The van der Waals surface area contributed by atoms with Gasteiger partial charge in [-0.3, -0.25) is 4.57 Å². The molecule has 0 radical (unpaired) electrons. The van der Waals surface area contributed by atoms with Crippen LogP contribution in [-0.4, -0.2) is 14.5 Å². The second-order valence-corrected chi connectivity index (χ2v) is 5.07. The van der Waals surface area contributed by atoms with Gasteiger partial charge in [-0.05, 0) is 27.1 Å². The van der Waals surface area contributed by atoms with Crippen LogP contribution in [0.15, 0.2) is 67.0 Å². The third kappa shape index (κ3) is 3.52. The second kappa shape index (κ2) is 6.70. The van der Waals surface area contributed by atoms with Crippen LogP contribution in [-0.2, 0) is 6.54 Å². The van der Waals surface area contributed by atoms with Gasteiger partial charge in [0.2, 0.25) is 6.33 Å². The smallest absolute Gasteiger partial charge is 0.358 e. The van der Waals surface area contributed by atoms with Crippen LogP contribution < -0.4 is 0 Å². The third-order valence-corrected chi connectivity index (χ3v) is 3.46. The van der Waals surface area contributed by atoms with Crippen LogP contribution in [0, 0.1) is 10.1 Å². The summed E-state index contributed by atoms with van der Waals surface area (Å²) in [6.45, 7) is 0.538. The largest absolute Gasteiger partial charge is 0.389 e. The first kappa shape index (κ1) is 14.7. The SMILES string of the molecule is O=[N+]([O-])c1ncn(Cc2ccccc2)c1/C=C/c1ccccc1. The van der Waals surface area contributed by atoms with Crippen molar-refractivity contribution in [3.63, 3.8) is 0 Å². The van der Waals surface area contributed by atoms with E-state index in [1.807, 2.05) is 66.7 Å². The molecule has 0 aliphatic rings. The number of imidazole rings is 1. The maximum atomic E-state index is 11.2. The van der Waals surface area contributed by atoms with Gasteiger partial charge in [-0.15, -0.1) is 0 Å². The van der Waals surface area contributed by atoms with Gasteiger partial charge in [-0.25, -0.2) is 0 Å². The van der Waals surface area contributed by atoms with Crippen molar-refractivity contribution >= 4 is 18.0 Å². The van der Waals surface area contributed by atoms with E-state index in [2.05, 4.69) is 4.98 Å². The van der Waals surface area contributed by atoms with Crippen molar-refractivity contribution in [2.24, 2.45) is 0 Å². The molecule has 0 bridgehead atoms. The Hall–Kier alpha value is -3.21. The molecule has 1 aromatic heterocycles. The average molecular weight is 305 g/mol. The molecule has 2 aromatic carbocycles. The first-order valence-corrected chi connectivity index (χ1v) is 7.20. The third-order valence-electron chi connectivity index (χ3n) is 3.46. The Balaban J connectivity index is 1.94. The van der Waals surface area contributed by atoms with Crippen molar-refractivity contribution < 1.29 is 4.92 Å². The zero-order valence-corrected chi connectivity index (χ0v) is 12.4. The van der Waals surface area contributed by atoms with Crippen molar-refractivity contribution in [3.05, 3.63) is 93.9 Å². The minimum Gasteiger partial charge on any atom is -0.358 e. The lowest BCUT2D eigenvalue weighted by molar-refractivity contribution is -0.389. The molecule has 5 heteroatoms. The maximum absolute atomic E-state index is 11.2. The lowest BCUT2D eigenvalue weighted by Crippen LogP contribution is -2.01. The topological polar surface area (TPSA) is 61.0 Å². The number of nitrogens with zero attached hydrogens (tertiary/aromatic N) is 3. The number of nitro groups is 1. The van der Waals surface area contributed by atoms with Gasteiger partial charge in [0.15, 0.2) is 0 Å². The summed E-state index contributed by atoms with van der Waals surface area (Å²) < 4.78 is 1.78. The highest BCUT2D eigenvalue weighted by Gasteiger charge is 2.19. The van der Waals surface area contributed by atoms with Gasteiger partial charge >= 0.3 is 5.82 Å². The minimum atomic E-state index is -0.452. The fourth-order valence-electron chi connectivity index (χ4n) is 2.34. The Morgan fingerprint density at radius 1 is 1.00 bits per heavy atom. The maximum Gasteiger partial charge on any atom is 0.389 e. The van der Waals surface area contributed by atoms with E-state index in [0.29, 0.717) is 12.2 Å². The normalized spacial score (nSPS) is 11.0. The van der Waals surface area contributed by atoms with E-state index < -0.39 is 4.92 Å². The number of hydrogen-bond donors (Lipinski definition) is 0. The van der Waals surface area contributed by atoms with Crippen molar-refractivity contribution in [1.82, 2.24) is 9.55 Å². The summed E-state index contributed by atoms with van der Waals surface area (Å²) in [6.07, 6.45) is 5.10. The fraction of sp³-hybridized carbons (Fsp3) is 0.0556. The van der Waals surface area contributed by atoms with E-state index >= 15 is 0 Å². The summed E-state index contributed by atoms with van der Waals surface area (Å²) in [4.78, 5) is 14.7. The Labute approximate surface area is 133 Å². The highest BCUT2D eigenvalue weighted by atomic mass is 16.6. The van der Waals surface area contributed by atoms with Crippen molar-refractivity contribution in [2.45, 2.75) is 6.54 Å². The quantitative estimate of drug-likeness (QED) is 0.528. The summed E-state index contributed by atoms with van der Waals surface area (Å²) in [6, 6.07) is 19.5. The van der Waals surface area contributed by atoms with Crippen molar-refractivity contribution in [2.75, 3.05) is 0 Å². The molecule has 0 unspecified atom stereocenters. The molecular formula is C18H15N3O2. The van der Waals surface area contributed by atoms with Crippen LogP contribution in [0.1, 0.15) is 16.8 Å². The molecule has 0 amide bonds. The van der Waals surface area contributed by atoms with Gasteiger partial charge in [-0.2, -0.15) is 0 Å². The first-order chi connectivity index (χ1) is 11.2. The van der Waals surface area contributed by atoms with Crippen LogP contribution in [0.3, 0.4) is 0 Å². The summed E-state index contributed by atoms with van der Waals surface area (Å²) in [5.41, 5.74) is 2.53. The van der Waals surface area contributed by atoms with Crippen molar-refractivity contribution in [1.29, 1.82) is 0 Å². The molecular weight excluding hydrogens is 290 g/mol. The molecule has 0 saturated carbocycles.